The third kappa shape index (κ3) is 9.95. The molecule has 0 saturated carbocycles. The summed E-state index contributed by atoms with van der Waals surface area (Å²) in [6.45, 7) is 20.8. The van der Waals surface area contributed by atoms with Crippen LogP contribution < -0.4 is 0 Å². The van der Waals surface area contributed by atoms with Gasteiger partial charge < -0.3 is 52.6 Å². The van der Waals surface area contributed by atoms with Crippen LogP contribution >= 0.6 is 0 Å². The number of esters is 2. The Bertz CT molecular complexity index is 1480. The number of fused-ring (bicyclic) bond motifs is 1. The first-order chi connectivity index (χ1) is 27.4. The van der Waals surface area contributed by atoms with E-state index in [9.17, 15) is 24.3 Å². The Labute approximate surface area is 351 Å². The Balaban J connectivity index is 1.90. The average Bonchev–Trinajstić information content (AvgIpc) is 3.44. The van der Waals surface area contributed by atoms with Crippen molar-refractivity contribution in [2.24, 2.45) is 29.6 Å². The van der Waals surface area contributed by atoms with Gasteiger partial charge in [0.05, 0.1) is 42.0 Å². The van der Waals surface area contributed by atoms with Crippen molar-refractivity contribution in [1.29, 1.82) is 0 Å². The number of rotatable bonds is 10. The Morgan fingerprint density at radius 2 is 1.49 bits per heavy atom. The van der Waals surface area contributed by atoms with Gasteiger partial charge in [-0.2, -0.15) is 0 Å². The molecule has 4 fully saturated rings. The molecule has 1 amide bonds. The first-order valence-electron chi connectivity index (χ1n) is 21.3. The van der Waals surface area contributed by atoms with E-state index in [1.165, 1.54) is 14.0 Å². The molecule has 16 nitrogen and oxygen atoms in total. The van der Waals surface area contributed by atoms with Gasteiger partial charge in [-0.15, -0.1) is 0 Å². The maximum absolute atomic E-state index is 14.7. The fourth-order valence-corrected chi connectivity index (χ4v) is 10.5. The van der Waals surface area contributed by atoms with E-state index < -0.39 is 114 Å². The highest BCUT2D eigenvalue weighted by Crippen LogP contribution is 2.45. The van der Waals surface area contributed by atoms with Crippen molar-refractivity contribution in [3.05, 3.63) is 0 Å². The Kier molecular flexibility index (Phi) is 16.1. The number of hydrogen-bond acceptors (Lipinski definition) is 15. The SMILES string of the molecule is CCC1OC(=O)[C@H](C)[C@@H](OC2CC(C)(OC)C(OC(C)=O)C(C)O2)[C@H](C)[C@@H](OC2OC(C)CC(N(C)C)C2C)[C@@](C)(OC)C[C@@H](C)C(=O)[C@H](C)[C@H]2N(CO)C(=O)O[C@]12C. The third-order valence-corrected chi connectivity index (χ3v) is 13.9. The molecule has 9 unspecified atom stereocenters. The number of carbonyl (C=O) groups excluding carboxylic acids is 4. The van der Waals surface area contributed by atoms with E-state index in [-0.39, 0.29) is 43.1 Å². The molecule has 59 heavy (non-hydrogen) atoms. The predicted molar refractivity (Wildman–Crippen MR) is 215 cm³/mol. The molecule has 4 heterocycles. The highest BCUT2D eigenvalue weighted by Gasteiger charge is 2.61. The van der Waals surface area contributed by atoms with Gasteiger partial charge >= 0.3 is 18.0 Å². The molecule has 4 aliphatic heterocycles. The minimum atomic E-state index is -1.50. The van der Waals surface area contributed by atoms with E-state index in [0.29, 0.717) is 0 Å². The quantitative estimate of drug-likeness (QED) is 0.236. The van der Waals surface area contributed by atoms with Crippen LogP contribution in [0.15, 0.2) is 0 Å². The zero-order chi connectivity index (χ0) is 44.5. The summed E-state index contributed by atoms with van der Waals surface area (Å²) in [4.78, 5) is 58.1. The average molecular weight is 843 g/mol. The topological polar surface area (TPSA) is 178 Å². The highest BCUT2D eigenvalue weighted by molar-refractivity contribution is 5.85. The normalized spacial score (nSPS) is 45.4. The summed E-state index contributed by atoms with van der Waals surface area (Å²) in [5.74, 6) is -4.50. The molecule has 4 aliphatic rings. The summed E-state index contributed by atoms with van der Waals surface area (Å²) in [5.41, 5.74) is -3.70. The monoisotopic (exact) mass is 843 g/mol. The zero-order valence-electron chi connectivity index (χ0n) is 38.3. The predicted octanol–water partition coefficient (Wildman–Crippen LogP) is 4.70. The first kappa shape index (κ1) is 49.2. The van der Waals surface area contributed by atoms with Gasteiger partial charge in [-0.1, -0.05) is 34.6 Å². The molecule has 0 aromatic carbocycles. The van der Waals surface area contributed by atoms with Crippen LogP contribution in [-0.2, 0) is 57.0 Å². The van der Waals surface area contributed by atoms with Gasteiger partial charge in [0.1, 0.15) is 24.2 Å². The standard InChI is InChI=1S/C43H74N2O14/c1-17-31-43(12)35(45(21-46)40(50)59-43)25(5)33(48)22(2)19-41(10,51-15)36(58-39-24(4)30(44(13)14)18-23(3)53-39)26(6)34(27(7)38(49)56-31)57-32-20-42(11,52-16)37(28(8)54-32)55-29(9)47/h22-28,30-32,34-37,39,46H,17-21H2,1-16H3/t22-,23?,24?,25+,26+,27-,28?,30?,31?,32?,34+,35-,36-,37?,39?,41+,42?,43-/m1/s1. The molecule has 4 rings (SSSR count). The lowest BCUT2D eigenvalue weighted by molar-refractivity contribution is -0.315. The van der Waals surface area contributed by atoms with Crippen LogP contribution in [-0.4, -0.2) is 152 Å². The van der Waals surface area contributed by atoms with Gasteiger partial charge in [0, 0.05) is 57.3 Å². The number of carbonyl (C=O) groups is 4. The van der Waals surface area contributed by atoms with Crippen LogP contribution in [0.2, 0.25) is 0 Å². The fourth-order valence-electron chi connectivity index (χ4n) is 10.5. The molecule has 18 atom stereocenters. The molecule has 0 bridgehead atoms. The number of nitrogens with zero attached hydrogens (tertiary/aromatic N) is 2. The molecular formula is C43H74N2O14. The number of methoxy groups -OCH3 is 2. The lowest BCUT2D eigenvalue weighted by Crippen LogP contribution is -2.61. The van der Waals surface area contributed by atoms with Crippen molar-refractivity contribution in [3.8, 4) is 0 Å². The van der Waals surface area contributed by atoms with E-state index in [0.717, 1.165) is 11.3 Å². The first-order valence-corrected chi connectivity index (χ1v) is 21.3. The van der Waals surface area contributed by atoms with Crippen molar-refractivity contribution in [2.75, 3.05) is 35.0 Å². The van der Waals surface area contributed by atoms with Gasteiger partial charge in [-0.25, -0.2) is 4.79 Å². The summed E-state index contributed by atoms with van der Waals surface area (Å²) in [5, 5.41) is 10.4. The van der Waals surface area contributed by atoms with Gasteiger partial charge in [0.2, 0.25) is 0 Å². The van der Waals surface area contributed by atoms with Crippen molar-refractivity contribution >= 4 is 23.8 Å². The van der Waals surface area contributed by atoms with Crippen LogP contribution in [0.25, 0.3) is 0 Å². The number of amides is 1. The molecule has 0 aromatic rings. The molecule has 16 heteroatoms. The van der Waals surface area contributed by atoms with Crippen LogP contribution in [0.3, 0.4) is 0 Å². The molecule has 4 saturated heterocycles. The molecular weight excluding hydrogens is 768 g/mol. The van der Waals surface area contributed by atoms with Gasteiger partial charge in [0.15, 0.2) is 24.3 Å². The summed E-state index contributed by atoms with van der Waals surface area (Å²) >= 11 is 0. The maximum Gasteiger partial charge on any atom is 0.412 e. The fraction of sp³-hybridized carbons (Fsp3) is 0.907. The molecule has 0 aliphatic carbocycles. The number of ketones is 1. The molecule has 0 radical (unpaired) electrons. The van der Waals surface area contributed by atoms with E-state index in [1.54, 1.807) is 41.7 Å². The Morgan fingerprint density at radius 3 is 2.03 bits per heavy atom. The maximum atomic E-state index is 14.7. The summed E-state index contributed by atoms with van der Waals surface area (Å²) in [6.07, 6.45) is -5.45. The van der Waals surface area contributed by atoms with E-state index in [1.807, 2.05) is 48.7 Å². The lowest BCUT2D eigenvalue weighted by Gasteiger charge is -2.50. The molecule has 0 spiro atoms. The summed E-state index contributed by atoms with van der Waals surface area (Å²) in [6, 6.07) is -0.832. The van der Waals surface area contributed by atoms with Crippen molar-refractivity contribution in [1.82, 2.24) is 9.80 Å². The van der Waals surface area contributed by atoms with Crippen LogP contribution in [0.5, 0.6) is 0 Å². The minimum Gasteiger partial charge on any atom is -0.458 e. The number of aliphatic hydroxyl groups is 1. The lowest BCUT2D eigenvalue weighted by atomic mass is 9.73. The van der Waals surface area contributed by atoms with E-state index in [4.69, 9.17) is 42.6 Å². The Hall–Kier alpha value is -2.44. The third-order valence-electron chi connectivity index (χ3n) is 13.9. The number of Topliss-reactive ketones (excluding diaryl/α,β-unsaturated/α-hetero) is 1. The Morgan fingerprint density at radius 1 is 0.881 bits per heavy atom. The molecule has 0 aromatic heterocycles. The number of aliphatic hydroxyl groups excluding tert-OH is 1. The van der Waals surface area contributed by atoms with Gasteiger partial charge in [0.25, 0.3) is 0 Å². The van der Waals surface area contributed by atoms with Crippen molar-refractivity contribution in [2.45, 2.75) is 187 Å². The molecule has 340 valence electrons. The van der Waals surface area contributed by atoms with Gasteiger partial charge in [-0.3, -0.25) is 19.3 Å². The van der Waals surface area contributed by atoms with Crippen molar-refractivity contribution in [3.63, 3.8) is 0 Å². The van der Waals surface area contributed by atoms with E-state index in [2.05, 4.69) is 11.8 Å². The second-order valence-electron chi connectivity index (χ2n) is 18.5. The minimum absolute atomic E-state index is 0.0843. The van der Waals surface area contributed by atoms with Crippen LogP contribution in [0.4, 0.5) is 4.79 Å². The summed E-state index contributed by atoms with van der Waals surface area (Å²) < 4.78 is 57.4. The second-order valence-corrected chi connectivity index (χ2v) is 18.5. The smallest absolute Gasteiger partial charge is 0.412 e. The zero-order valence-corrected chi connectivity index (χ0v) is 38.3. The number of hydrogen-bond donors (Lipinski definition) is 1. The number of cyclic esters (lactones) is 1. The van der Waals surface area contributed by atoms with Crippen LogP contribution in [0, 0.1) is 29.6 Å². The number of ether oxygens (including phenoxy) is 9. The largest absolute Gasteiger partial charge is 0.458 e. The van der Waals surface area contributed by atoms with Crippen LogP contribution in [0.1, 0.15) is 109 Å². The van der Waals surface area contributed by atoms with E-state index >= 15 is 0 Å². The second kappa shape index (κ2) is 19.3. The highest BCUT2D eigenvalue weighted by atomic mass is 16.7. The van der Waals surface area contributed by atoms with Crippen molar-refractivity contribution < 1.29 is 66.9 Å². The van der Waals surface area contributed by atoms with Gasteiger partial charge in [-0.05, 0) is 74.9 Å². The molecule has 1 N–H and O–H groups in total. The summed E-state index contributed by atoms with van der Waals surface area (Å²) in [7, 11) is 7.17.